The van der Waals surface area contributed by atoms with Gasteiger partial charge in [-0.2, -0.15) is 0 Å². The summed E-state index contributed by atoms with van der Waals surface area (Å²) in [6.07, 6.45) is 10.8. The van der Waals surface area contributed by atoms with Crippen molar-refractivity contribution in [3.8, 4) is 0 Å². The van der Waals surface area contributed by atoms with Crippen molar-refractivity contribution < 1.29 is 4.74 Å². The quantitative estimate of drug-likeness (QED) is 0.742. The van der Waals surface area contributed by atoms with Crippen molar-refractivity contribution >= 4 is 0 Å². The molecule has 1 saturated heterocycles. The number of hydrogen-bond acceptors (Lipinski definition) is 2. The lowest BCUT2D eigenvalue weighted by atomic mass is 9.75. The summed E-state index contributed by atoms with van der Waals surface area (Å²) in [7, 11) is 0. The Labute approximate surface area is 100 Å². The molecule has 0 radical (unpaired) electrons. The normalized spacial score (nSPS) is 29.4. The van der Waals surface area contributed by atoms with E-state index in [4.69, 9.17) is 4.74 Å². The first kappa shape index (κ1) is 12.4. The molecule has 2 heteroatoms. The highest BCUT2D eigenvalue weighted by Gasteiger charge is 2.37. The summed E-state index contributed by atoms with van der Waals surface area (Å²) in [5.74, 6) is 0.908. The molecule has 16 heavy (non-hydrogen) atoms. The largest absolute Gasteiger partial charge is 0.375 e. The van der Waals surface area contributed by atoms with Crippen LogP contribution >= 0.6 is 0 Å². The summed E-state index contributed by atoms with van der Waals surface area (Å²) in [4.78, 5) is 0. The van der Waals surface area contributed by atoms with Gasteiger partial charge in [0.2, 0.25) is 0 Å². The number of ether oxygens (including phenoxy) is 1. The van der Waals surface area contributed by atoms with E-state index in [0.29, 0.717) is 5.60 Å². The second-order valence-electron chi connectivity index (χ2n) is 5.59. The minimum absolute atomic E-state index is 0.299. The highest BCUT2D eigenvalue weighted by atomic mass is 16.5. The molecule has 2 aliphatic rings. The summed E-state index contributed by atoms with van der Waals surface area (Å²) in [5.41, 5.74) is 0.299. The van der Waals surface area contributed by atoms with Gasteiger partial charge >= 0.3 is 0 Å². The van der Waals surface area contributed by atoms with Crippen LogP contribution in [-0.2, 0) is 4.74 Å². The van der Waals surface area contributed by atoms with E-state index < -0.39 is 0 Å². The third-order valence-corrected chi connectivity index (χ3v) is 4.34. The van der Waals surface area contributed by atoms with E-state index in [1.54, 1.807) is 0 Å². The van der Waals surface area contributed by atoms with Gasteiger partial charge in [0.05, 0.1) is 5.60 Å². The first-order valence-electron chi connectivity index (χ1n) is 7.19. The number of hydrogen-bond donors (Lipinski definition) is 1. The van der Waals surface area contributed by atoms with Crippen LogP contribution in [0, 0.1) is 5.92 Å². The van der Waals surface area contributed by atoms with Crippen LogP contribution in [0.2, 0.25) is 0 Å². The fourth-order valence-electron chi connectivity index (χ4n) is 3.40. The Hall–Kier alpha value is -0.0800. The smallest absolute Gasteiger partial charge is 0.0685 e. The van der Waals surface area contributed by atoms with Crippen molar-refractivity contribution in [2.45, 2.75) is 63.9 Å². The Morgan fingerprint density at radius 1 is 1.25 bits per heavy atom. The molecule has 1 N–H and O–H groups in total. The topological polar surface area (TPSA) is 21.3 Å². The Morgan fingerprint density at radius 3 is 2.81 bits per heavy atom. The summed E-state index contributed by atoms with van der Waals surface area (Å²) in [6.45, 7) is 5.50. The lowest BCUT2D eigenvalue weighted by Gasteiger charge is -2.43. The van der Waals surface area contributed by atoms with Gasteiger partial charge in [-0.05, 0) is 51.1 Å². The van der Waals surface area contributed by atoms with E-state index >= 15 is 0 Å². The first-order valence-corrected chi connectivity index (χ1v) is 7.19. The van der Waals surface area contributed by atoms with E-state index in [2.05, 4.69) is 12.2 Å². The summed E-state index contributed by atoms with van der Waals surface area (Å²) in [6, 6.07) is 0. The van der Waals surface area contributed by atoms with Crippen LogP contribution in [-0.4, -0.2) is 25.3 Å². The second kappa shape index (κ2) is 6.02. The van der Waals surface area contributed by atoms with Gasteiger partial charge in [0.25, 0.3) is 0 Å². The Bertz CT molecular complexity index is 193. The summed E-state index contributed by atoms with van der Waals surface area (Å²) >= 11 is 0. The van der Waals surface area contributed by atoms with Crippen molar-refractivity contribution in [2.75, 3.05) is 19.7 Å². The Balaban J connectivity index is 1.78. The maximum absolute atomic E-state index is 6.12. The molecule has 1 aliphatic carbocycles. The molecule has 0 aromatic heterocycles. The third-order valence-electron chi connectivity index (χ3n) is 4.34. The zero-order chi connectivity index (χ0) is 11.3. The molecule has 94 valence electrons. The minimum Gasteiger partial charge on any atom is -0.375 e. The van der Waals surface area contributed by atoms with E-state index in [9.17, 15) is 0 Å². The molecule has 1 saturated carbocycles. The van der Waals surface area contributed by atoms with Crippen LogP contribution in [0.25, 0.3) is 0 Å². The Morgan fingerprint density at radius 2 is 2.06 bits per heavy atom. The van der Waals surface area contributed by atoms with Gasteiger partial charge in [-0.15, -0.1) is 0 Å². The van der Waals surface area contributed by atoms with E-state index in [1.807, 2.05) is 0 Å². The fraction of sp³-hybridized carbons (Fsp3) is 1.00. The predicted molar refractivity (Wildman–Crippen MR) is 67.7 cm³/mol. The molecule has 2 fully saturated rings. The van der Waals surface area contributed by atoms with Crippen molar-refractivity contribution in [3.05, 3.63) is 0 Å². The molecule has 1 spiro atoms. The average molecular weight is 225 g/mol. The van der Waals surface area contributed by atoms with Crippen LogP contribution in [0.5, 0.6) is 0 Å². The third kappa shape index (κ3) is 3.21. The van der Waals surface area contributed by atoms with E-state index in [0.717, 1.165) is 19.1 Å². The Kier molecular flexibility index (Phi) is 4.66. The lowest BCUT2D eigenvalue weighted by molar-refractivity contribution is -0.118. The molecule has 2 nitrogen and oxygen atoms in total. The maximum atomic E-state index is 6.12. The molecule has 0 amide bonds. The number of rotatable bonds is 4. The fourth-order valence-corrected chi connectivity index (χ4v) is 3.40. The first-order chi connectivity index (χ1) is 7.85. The summed E-state index contributed by atoms with van der Waals surface area (Å²) < 4.78 is 6.12. The average Bonchev–Trinajstić information content (AvgIpc) is 2.31. The monoisotopic (exact) mass is 225 g/mol. The molecule has 0 bridgehead atoms. The van der Waals surface area contributed by atoms with Gasteiger partial charge in [-0.1, -0.05) is 26.2 Å². The van der Waals surface area contributed by atoms with Crippen molar-refractivity contribution in [1.29, 1.82) is 0 Å². The van der Waals surface area contributed by atoms with Crippen LogP contribution in [0.4, 0.5) is 0 Å². The van der Waals surface area contributed by atoms with Gasteiger partial charge in [0.1, 0.15) is 0 Å². The van der Waals surface area contributed by atoms with Crippen LogP contribution < -0.4 is 5.32 Å². The maximum Gasteiger partial charge on any atom is 0.0685 e. The standard InChI is InChI=1S/C14H27NO/c1-2-15-10-6-13-7-11-16-14(12-13)8-4-3-5-9-14/h13,15H,2-12H2,1H3. The molecule has 0 aromatic carbocycles. The molecule has 1 unspecified atom stereocenters. The van der Waals surface area contributed by atoms with Gasteiger partial charge < -0.3 is 10.1 Å². The zero-order valence-corrected chi connectivity index (χ0v) is 10.8. The van der Waals surface area contributed by atoms with Gasteiger partial charge in [-0.25, -0.2) is 0 Å². The van der Waals surface area contributed by atoms with Gasteiger partial charge in [0.15, 0.2) is 0 Å². The van der Waals surface area contributed by atoms with Crippen LogP contribution in [0.15, 0.2) is 0 Å². The molecular weight excluding hydrogens is 198 g/mol. The lowest BCUT2D eigenvalue weighted by Crippen LogP contribution is -2.42. The molecule has 1 heterocycles. The van der Waals surface area contributed by atoms with Crippen LogP contribution in [0.1, 0.15) is 58.3 Å². The van der Waals surface area contributed by atoms with Gasteiger partial charge in [-0.3, -0.25) is 0 Å². The predicted octanol–water partition coefficient (Wildman–Crippen LogP) is 3.12. The van der Waals surface area contributed by atoms with Crippen LogP contribution in [0.3, 0.4) is 0 Å². The van der Waals surface area contributed by atoms with Crippen molar-refractivity contribution in [3.63, 3.8) is 0 Å². The molecule has 1 aliphatic heterocycles. The molecule has 1 atom stereocenters. The SMILES string of the molecule is CCNCCC1CCOC2(CCCCC2)C1. The zero-order valence-electron chi connectivity index (χ0n) is 10.8. The molecule has 2 rings (SSSR count). The molecule has 0 aromatic rings. The van der Waals surface area contributed by atoms with Crippen molar-refractivity contribution in [2.24, 2.45) is 5.92 Å². The highest BCUT2D eigenvalue weighted by Crippen LogP contribution is 2.41. The van der Waals surface area contributed by atoms with E-state index in [-0.39, 0.29) is 0 Å². The second-order valence-corrected chi connectivity index (χ2v) is 5.59. The minimum atomic E-state index is 0.299. The van der Waals surface area contributed by atoms with Crippen molar-refractivity contribution in [1.82, 2.24) is 5.32 Å². The summed E-state index contributed by atoms with van der Waals surface area (Å²) in [5, 5.41) is 3.45. The molecular formula is C14H27NO. The highest BCUT2D eigenvalue weighted by molar-refractivity contribution is 4.89. The van der Waals surface area contributed by atoms with Gasteiger partial charge in [0, 0.05) is 6.61 Å². The number of nitrogens with one attached hydrogen (secondary N) is 1. The van der Waals surface area contributed by atoms with E-state index in [1.165, 1.54) is 57.9 Å².